The van der Waals surface area contributed by atoms with Gasteiger partial charge >= 0.3 is 5.97 Å². The number of rotatable bonds is 8. The number of carbonyl (C=O) groups is 3. The van der Waals surface area contributed by atoms with Gasteiger partial charge in [0.2, 0.25) is 5.91 Å². The van der Waals surface area contributed by atoms with E-state index in [9.17, 15) is 18.8 Å². The van der Waals surface area contributed by atoms with Gasteiger partial charge in [-0.15, -0.1) is 0 Å². The van der Waals surface area contributed by atoms with Crippen LogP contribution in [0.25, 0.3) is 0 Å². The van der Waals surface area contributed by atoms with Crippen molar-refractivity contribution in [1.82, 2.24) is 5.32 Å². The number of hydrogen-bond acceptors (Lipinski definition) is 4. The van der Waals surface area contributed by atoms with Gasteiger partial charge in [-0.1, -0.05) is 12.1 Å². The van der Waals surface area contributed by atoms with Crippen molar-refractivity contribution < 1.29 is 23.5 Å². The van der Waals surface area contributed by atoms with Gasteiger partial charge in [0.05, 0.1) is 0 Å². The maximum Gasteiger partial charge on any atom is 0.306 e. The lowest BCUT2D eigenvalue weighted by Gasteiger charge is -2.55. The number of amides is 1. The minimum absolute atomic E-state index is 0.136. The quantitative estimate of drug-likeness (QED) is 0.410. The van der Waals surface area contributed by atoms with E-state index in [1.807, 2.05) is 0 Å². The third kappa shape index (κ3) is 4.51. The summed E-state index contributed by atoms with van der Waals surface area (Å²) >= 11 is 0. The molecule has 4 saturated carbocycles. The van der Waals surface area contributed by atoms with Gasteiger partial charge in [-0.05, 0) is 74.8 Å². The van der Waals surface area contributed by atoms with E-state index >= 15 is 0 Å². The van der Waals surface area contributed by atoms with Crippen molar-refractivity contribution in [2.75, 3.05) is 13.2 Å². The molecule has 0 heterocycles. The normalized spacial score (nSPS) is 29.5. The summed E-state index contributed by atoms with van der Waals surface area (Å²) in [4.78, 5) is 36.6. The Morgan fingerprint density at radius 3 is 2.34 bits per heavy atom. The number of Topliss-reactive ketones (excluding diaryl/α,β-unsaturated/α-hetero) is 1. The van der Waals surface area contributed by atoms with Crippen molar-refractivity contribution in [1.29, 1.82) is 0 Å². The molecule has 1 N–H and O–H groups in total. The fourth-order valence-electron chi connectivity index (χ4n) is 5.97. The number of halogens is 1. The van der Waals surface area contributed by atoms with E-state index in [0.29, 0.717) is 13.0 Å². The second-order valence-electron chi connectivity index (χ2n) is 9.15. The van der Waals surface area contributed by atoms with E-state index < -0.39 is 24.2 Å². The Bertz CT molecular complexity index is 771. The lowest BCUT2D eigenvalue weighted by atomic mass is 9.49. The summed E-state index contributed by atoms with van der Waals surface area (Å²) in [6, 6.07) is 5.30. The maximum atomic E-state index is 13.1. The van der Waals surface area contributed by atoms with Crippen LogP contribution < -0.4 is 5.32 Å². The van der Waals surface area contributed by atoms with Crippen LogP contribution in [0.5, 0.6) is 0 Å². The second-order valence-corrected chi connectivity index (χ2v) is 9.15. The van der Waals surface area contributed by atoms with Crippen LogP contribution in [0.15, 0.2) is 24.3 Å². The van der Waals surface area contributed by atoms with Crippen molar-refractivity contribution in [2.24, 2.45) is 23.2 Å². The van der Waals surface area contributed by atoms with Crippen LogP contribution >= 0.6 is 0 Å². The number of benzene rings is 1. The van der Waals surface area contributed by atoms with Crippen molar-refractivity contribution >= 4 is 17.7 Å². The van der Waals surface area contributed by atoms with Gasteiger partial charge in [-0.2, -0.15) is 0 Å². The first-order valence-electron chi connectivity index (χ1n) is 10.7. The molecule has 0 saturated heterocycles. The number of carbonyl (C=O) groups excluding carboxylic acids is 3. The van der Waals surface area contributed by atoms with Crippen molar-refractivity contribution in [2.45, 2.75) is 51.4 Å². The molecule has 6 heteroatoms. The van der Waals surface area contributed by atoms with E-state index in [4.69, 9.17) is 4.74 Å². The lowest BCUT2D eigenvalue weighted by Crippen LogP contribution is -2.53. The molecule has 29 heavy (non-hydrogen) atoms. The van der Waals surface area contributed by atoms with E-state index in [2.05, 4.69) is 5.32 Å². The molecule has 5 rings (SSSR count). The van der Waals surface area contributed by atoms with Gasteiger partial charge in [0, 0.05) is 23.9 Å². The SMILES string of the molecule is O=C(CCCNC(=O)C12CC3CC(CC(C3)C1)C2)OCC(=O)c1cccc(F)c1. The molecule has 0 atom stereocenters. The van der Waals surface area contributed by atoms with Gasteiger partial charge in [0.1, 0.15) is 5.82 Å². The van der Waals surface area contributed by atoms with Crippen LogP contribution in [0, 0.1) is 29.0 Å². The zero-order valence-corrected chi connectivity index (χ0v) is 16.6. The highest BCUT2D eigenvalue weighted by molar-refractivity contribution is 5.97. The van der Waals surface area contributed by atoms with Crippen molar-refractivity contribution in [3.8, 4) is 0 Å². The molecule has 0 unspecified atom stereocenters. The summed E-state index contributed by atoms with van der Waals surface area (Å²) in [6.45, 7) is 0.0372. The molecular weight excluding hydrogens is 373 g/mol. The van der Waals surface area contributed by atoms with Gasteiger partial charge in [0.15, 0.2) is 12.4 Å². The van der Waals surface area contributed by atoms with E-state index in [1.165, 1.54) is 37.5 Å². The highest BCUT2D eigenvalue weighted by atomic mass is 19.1. The van der Waals surface area contributed by atoms with Gasteiger partial charge in [-0.25, -0.2) is 4.39 Å². The monoisotopic (exact) mass is 401 g/mol. The highest BCUT2D eigenvalue weighted by Crippen LogP contribution is 2.60. The highest BCUT2D eigenvalue weighted by Gasteiger charge is 2.54. The van der Waals surface area contributed by atoms with Crippen LogP contribution in [-0.4, -0.2) is 30.8 Å². The lowest BCUT2D eigenvalue weighted by molar-refractivity contribution is -0.147. The average molecular weight is 401 g/mol. The molecule has 4 fully saturated rings. The summed E-state index contributed by atoms with van der Waals surface area (Å²) < 4.78 is 18.1. The van der Waals surface area contributed by atoms with Crippen LogP contribution in [0.3, 0.4) is 0 Å². The smallest absolute Gasteiger partial charge is 0.306 e. The zero-order valence-electron chi connectivity index (χ0n) is 16.6. The average Bonchev–Trinajstić information content (AvgIpc) is 2.68. The third-order valence-corrected chi connectivity index (χ3v) is 6.87. The Morgan fingerprint density at radius 1 is 1.07 bits per heavy atom. The topological polar surface area (TPSA) is 72.5 Å². The fraction of sp³-hybridized carbons (Fsp3) is 0.609. The largest absolute Gasteiger partial charge is 0.457 e. The molecule has 1 aromatic rings. The Morgan fingerprint density at radius 2 is 1.72 bits per heavy atom. The minimum atomic E-state index is -0.503. The minimum Gasteiger partial charge on any atom is -0.457 e. The zero-order chi connectivity index (χ0) is 20.4. The van der Waals surface area contributed by atoms with Gasteiger partial charge in [0.25, 0.3) is 0 Å². The number of hydrogen-bond donors (Lipinski definition) is 1. The first kappa shape index (κ1) is 20.0. The summed E-state index contributed by atoms with van der Waals surface area (Å²) in [5, 5.41) is 3.04. The molecule has 4 aliphatic rings. The predicted molar refractivity (Wildman–Crippen MR) is 105 cm³/mol. The maximum absolute atomic E-state index is 13.1. The van der Waals surface area contributed by atoms with Crippen LogP contribution in [0.1, 0.15) is 61.7 Å². The molecule has 0 aliphatic heterocycles. The van der Waals surface area contributed by atoms with E-state index in [-0.39, 0.29) is 23.3 Å². The first-order valence-corrected chi connectivity index (χ1v) is 10.7. The molecular formula is C23H28FNO4. The molecule has 1 aromatic carbocycles. The molecule has 4 aliphatic carbocycles. The molecule has 0 aromatic heterocycles. The van der Waals surface area contributed by atoms with Crippen LogP contribution in [0.2, 0.25) is 0 Å². The molecule has 0 radical (unpaired) electrons. The summed E-state index contributed by atoms with van der Waals surface area (Å²) in [7, 11) is 0. The Kier molecular flexibility index (Phi) is 5.70. The molecule has 5 nitrogen and oxygen atoms in total. The second kappa shape index (κ2) is 8.25. The van der Waals surface area contributed by atoms with Gasteiger partial charge in [-0.3, -0.25) is 14.4 Å². The van der Waals surface area contributed by atoms with E-state index in [1.54, 1.807) is 0 Å². The summed E-state index contributed by atoms with van der Waals surface area (Å²) in [6.07, 6.45) is 7.58. The molecule has 0 spiro atoms. The Hall–Kier alpha value is -2.24. The fourth-order valence-corrected chi connectivity index (χ4v) is 5.97. The number of ether oxygens (including phenoxy) is 1. The van der Waals surface area contributed by atoms with Crippen LogP contribution in [-0.2, 0) is 14.3 Å². The van der Waals surface area contributed by atoms with Crippen LogP contribution in [0.4, 0.5) is 4.39 Å². The molecule has 4 bridgehead atoms. The van der Waals surface area contributed by atoms with Crippen molar-refractivity contribution in [3.05, 3.63) is 35.6 Å². The number of ketones is 1. The third-order valence-electron chi connectivity index (χ3n) is 6.87. The van der Waals surface area contributed by atoms with E-state index in [0.717, 1.165) is 43.1 Å². The Labute approximate surface area is 170 Å². The first-order chi connectivity index (χ1) is 13.9. The van der Waals surface area contributed by atoms with Gasteiger partial charge < -0.3 is 10.1 Å². The number of nitrogens with one attached hydrogen (secondary N) is 1. The molecule has 156 valence electrons. The molecule has 1 amide bonds. The predicted octanol–water partition coefficient (Wildman–Crippen LogP) is 3.66. The standard InChI is InChI=1S/C23H28FNO4/c24-19-4-1-3-18(10-19)20(26)14-29-21(27)5-2-6-25-22(28)23-11-15-7-16(12-23)9-17(8-15)13-23/h1,3-4,10,15-17H,2,5-9,11-14H2,(H,25,28). The van der Waals surface area contributed by atoms with Crippen molar-refractivity contribution in [3.63, 3.8) is 0 Å². The Balaban J connectivity index is 1.16. The summed E-state index contributed by atoms with van der Waals surface area (Å²) in [5.41, 5.74) is 0.00717. The summed E-state index contributed by atoms with van der Waals surface area (Å²) in [5.74, 6) is 0.891. The number of esters is 1.